The van der Waals surface area contributed by atoms with Gasteiger partial charge in [-0.1, -0.05) is 42.5 Å². The molecule has 2 N–H and O–H groups in total. The number of amides is 1. The number of hydrogen-bond acceptors (Lipinski definition) is 4. The van der Waals surface area contributed by atoms with E-state index in [0.29, 0.717) is 29.8 Å². The smallest absolute Gasteiger partial charge is 0.233 e. The summed E-state index contributed by atoms with van der Waals surface area (Å²) < 4.78 is 32.1. The van der Waals surface area contributed by atoms with Gasteiger partial charge in [0.2, 0.25) is 5.91 Å². The summed E-state index contributed by atoms with van der Waals surface area (Å²) in [7, 11) is 1.49. The average molecular weight is 516 g/mol. The quantitative estimate of drug-likeness (QED) is 0.261. The Morgan fingerprint density at radius 2 is 1.47 bits per heavy atom. The van der Waals surface area contributed by atoms with Crippen molar-refractivity contribution in [2.75, 3.05) is 12.0 Å². The third-order valence-electron chi connectivity index (χ3n) is 7.09. The molecule has 0 bridgehead atoms. The highest BCUT2D eigenvalue weighted by Gasteiger charge is 2.48. The molecular formula is C31H27F2NO4. The van der Waals surface area contributed by atoms with Crippen LogP contribution in [0.4, 0.5) is 14.5 Å². The fourth-order valence-electron chi connectivity index (χ4n) is 5.02. The summed E-state index contributed by atoms with van der Waals surface area (Å²) in [5, 5.41) is 20.5. The number of rotatable bonds is 8. The van der Waals surface area contributed by atoms with Gasteiger partial charge in [-0.2, -0.15) is 0 Å². The summed E-state index contributed by atoms with van der Waals surface area (Å²) in [5.41, 5.74) is 3.88. The number of aliphatic hydroxyl groups excluding tert-OH is 1. The normalized spacial score (nSPS) is 17.7. The van der Waals surface area contributed by atoms with Crippen LogP contribution in [0, 0.1) is 17.6 Å². The van der Waals surface area contributed by atoms with Crippen LogP contribution in [0.5, 0.6) is 11.5 Å². The molecule has 1 heterocycles. The highest BCUT2D eigenvalue weighted by atomic mass is 19.1. The molecule has 1 aliphatic heterocycles. The largest absolute Gasteiger partial charge is 0.504 e. The second-order valence-corrected chi connectivity index (χ2v) is 9.39. The number of phenolic OH excluding ortho intramolecular Hbond substituents is 1. The zero-order valence-electron chi connectivity index (χ0n) is 20.7. The minimum absolute atomic E-state index is 0.0569. The van der Waals surface area contributed by atoms with E-state index in [2.05, 4.69) is 0 Å². The highest BCUT2D eigenvalue weighted by Crippen LogP contribution is 2.46. The van der Waals surface area contributed by atoms with E-state index in [1.165, 1.54) is 31.4 Å². The lowest BCUT2D eigenvalue weighted by Crippen LogP contribution is -2.55. The third kappa shape index (κ3) is 4.97. The van der Waals surface area contributed by atoms with Crippen LogP contribution in [-0.4, -0.2) is 23.2 Å². The van der Waals surface area contributed by atoms with Gasteiger partial charge in [0.05, 0.1) is 25.2 Å². The molecule has 0 spiro atoms. The number of β-lactam (4-membered cyclic amide) rings is 1. The van der Waals surface area contributed by atoms with E-state index in [1.807, 2.05) is 24.3 Å². The topological polar surface area (TPSA) is 70.0 Å². The maximum Gasteiger partial charge on any atom is 0.233 e. The Labute approximate surface area is 219 Å². The van der Waals surface area contributed by atoms with Crippen molar-refractivity contribution in [3.05, 3.63) is 114 Å². The number of methoxy groups -OCH3 is 1. The minimum Gasteiger partial charge on any atom is -0.504 e. The van der Waals surface area contributed by atoms with E-state index in [1.54, 1.807) is 47.4 Å². The SMILES string of the molecule is COc1cc(-c2ccc([C@@H]3C(CC[C@H](O)c4ccc(F)cc4)C(=O)N3c3ccc(F)cc3)cc2)ccc1O. The lowest BCUT2D eigenvalue weighted by molar-refractivity contribution is -0.131. The Kier molecular flexibility index (Phi) is 7.11. The molecule has 4 aromatic rings. The van der Waals surface area contributed by atoms with Crippen LogP contribution in [0.15, 0.2) is 91.0 Å². The molecule has 0 saturated carbocycles. The summed E-state index contributed by atoms with van der Waals surface area (Å²) >= 11 is 0. The van der Waals surface area contributed by atoms with Gasteiger partial charge in [-0.05, 0) is 83.6 Å². The molecule has 0 aliphatic carbocycles. The van der Waals surface area contributed by atoms with Gasteiger partial charge in [0.25, 0.3) is 0 Å². The number of anilines is 1. The monoisotopic (exact) mass is 515 g/mol. The van der Waals surface area contributed by atoms with Crippen molar-refractivity contribution in [3.63, 3.8) is 0 Å². The summed E-state index contributed by atoms with van der Waals surface area (Å²) in [5.74, 6) is -0.805. The zero-order chi connectivity index (χ0) is 26.8. The van der Waals surface area contributed by atoms with Crippen molar-refractivity contribution < 1.29 is 28.5 Å². The van der Waals surface area contributed by atoms with E-state index in [4.69, 9.17) is 4.74 Å². The Morgan fingerprint density at radius 3 is 2.11 bits per heavy atom. The molecule has 4 aromatic carbocycles. The number of ether oxygens (including phenoxy) is 1. The molecule has 1 fully saturated rings. The first kappa shape index (κ1) is 25.4. The summed E-state index contributed by atoms with van der Waals surface area (Å²) in [6.45, 7) is 0. The first-order valence-corrected chi connectivity index (χ1v) is 12.3. The fraction of sp³-hybridized carbons (Fsp3) is 0.194. The van der Waals surface area contributed by atoms with Gasteiger partial charge in [0, 0.05) is 5.69 Å². The zero-order valence-corrected chi connectivity index (χ0v) is 20.7. The fourth-order valence-corrected chi connectivity index (χ4v) is 5.02. The van der Waals surface area contributed by atoms with Crippen LogP contribution in [0.25, 0.3) is 11.1 Å². The van der Waals surface area contributed by atoms with Gasteiger partial charge in [-0.3, -0.25) is 4.79 Å². The molecule has 38 heavy (non-hydrogen) atoms. The summed E-state index contributed by atoms with van der Waals surface area (Å²) in [6.07, 6.45) is -0.0616. The number of aromatic hydroxyl groups is 1. The van der Waals surface area contributed by atoms with E-state index < -0.39 is 6.10 Å². The maximum absolute atomic E-state index is 13.6. The predicted molar refractivity (Wildman–Crippen MR) is 141 cm³/mol. The molecule has 5 rings (SSSR count). The van der Waals surface area contributed by atoms with E-state index in [9.17, 15) is 23.8 Å². The molecule has 194 valence electrons. The Hall–Kier alpha value is -4.23. The van der Waals surface area contributed by atoms with Crippen LogP contribution in [-0.2, 0) is 4.79 Å². The highest BCUT2D eigenvalue weighted by molar-refractivity contribution is 6.03. The average Bonchev–Trinajstić information content (AvgIpc) is 2.93. The molecule has 3 atom stereocenters. The number of halogens is 2. The van der Waals surface area contributed by atoms with Gasteiger partial charge in [0.1, 0.15) is 11.6 Å². The number of nitrogens with zero attached hydrogens (tertiary/aromatic N) is 1. The molecule has 7 heteroatoms. The molecule has 1 amide bonds. The molecular weight excluding hydrogens is 488 g/mol. The standard InChI is InChI=1S/C31H27F2NO4/c1-38-29-18-22(8-16-28(29)36)19-2-4-21(5-3-19)30-26(15-17-27(35)20-6-9-23(32)10-7-20)31(37)34(30)25-13-11-24(33)12-14-25/h2-14,16,18,26-27,30,35-36H,15,17H2,1H3/t26?,27-,30+/m0/s1. The molecule has 1 aliphatic rings. The Bertz CT molecular complexity index is 1420. The van der Waals surface area contributed by atoms with Crippen molar-refractivity contribution in [2.45, 2.75) is 25.0 Å². The van der Waals surface area contributed by atoms with E-state index in [-0.39, 0.29) is 35.3 Å². The lowest BCUT2D eigenvalue weighted by atomic mass is 9.78. The third-order valence-corrected chi connectivity index (χ3v) is 7.09. The summed E-state index contributed by atoms with van der Waals surface area (Å²) in [6, 6.07) is 24.1. The minimum atomic E-state index is -0.823. The van der Waals surface area contributed by atoms with Crippen molar-refractivity contribution in [3.8, 4) is 22.6 Å². The summed E-state index contributed by atoms with van der Waals surface area (Å²) in [4.78, 5) is 14.9. The second kappa shape index (κ2) is 10.6. The molecule has 0 aromatic heterocycles. The Balaban J connectivity index is 1.40. The van der Waals surface area contributed by atoms with Crippen LogP contribution >= 0.6 is 0 Å². The van der Waals surface area contributed by atoms with Crippen LogP contribution in [0.2, 0.25) is 0 Å². The van der Waals surface area contributed by atoms with E-state index in [0.717, 1.165) is 16.7 Å². The van der Waals surface area contributed by atoms with Gasteiger partial charge >= 0.3 is 0 Å². The number of benzene rings is 4. The predicted octanol–water partition coefficient (Wildman–Crippen LogP) is 6.56. The molecule has 1 saturated heterocycles. The molecule has 1 unspecified atom stereocenters. The molecule has 5 nitrogen and oxygen atoms in total. The van der Waals surface area contributed by atoms with Crippen LogP contribution in [0.1, 0.15) is 36.1 Å². The number of hydrogen-bond donors (Lipinski definition) is 2. The van der Waals surface area contributed by atoms with Crippen molar-refractivity contribution >= 4 is 11.6 Å². The van der Waals surface area contributed by atoms with Crippen molar-refractivity contribution in [1.82, 2.24) is 0 Å². The van der Waals surface area contributed by atoms with Gasteiger partial charge in [0.15, 0.2) is 11.5 Å². The second-order valence-electron chi connectivity index (χ2n) is 9.39. The van der Waals surface area contributed by atoms with E-state index >= 15 is 0 Å². The van der Waals surface area contributed by atoms with Crippen LogP contribution in [0.3, 0.4) is 0 Å². The first-order valence-electron chi connectivity index (χ1n) is 12.3. The van der Waals surface area contributed by atoms with Crippen LogP contribution < -0.4 is 9.64 Å². The van der Waals surface area contributed by atoms with Crippen molar-refractivity contribution in [2.24, 2.45) is 5.92 Å². The van der Waals surface area contributed by atoms with Gasteiger partial charge in [-0.15, -0.1) is 0 Å². The number of phenols is 1. The van der Waals surface area contributed by atoms with Crippen molar-refractivity contribution in [1.29, 1.82) is 0 Å². The number of aliphatic hydroxyl groups is 1. The number of carbonyl (C=O) groups is 1. The number of carbonyl (C=O) groups excluding carboxylic acids is 1. The Morgan fingerprint density at radius 1 is 0.868 bits per heavy atom. The van der Waals surface area contributed by atoms with Gasteiger partial charge in [-0.25, -0.2) is 8.78 Å². The maximum atomic E-state index is 13.6. The van der Waals surface area contributed by atoms with Gasteiger partial charge < -0.3 is 19.8 Å². The molecule has 0 radical (unpaired) electrons. The first-order chi connectivity index (χ1) is 18.4. The lowest BCUT2D eigenvalue weighted by Gasteiger charge is -2.48.